The number of benzene rings is 1. The second-order valence-electron chi connectivity index (χ2n) is 4.92. The summed E-state index contributed by atoms with van der Waals surface area (Å²) in [5, 5.41) is 18.9. The number of aliphatic hydroxyl groups is 1. The van der Waals surface area contributed by atoms with Crippen LogP contribution in [-0.2, 0) is 11.2 Å². The Kier molecular flexibility index (Phi) is 2.91. The van der Waals surface area contributed by atoms with Gasteiger partial charge in [-0.15, -0.1) is 0 Å². The van der Waals surface area contributed by atoms with Crippen LogP contribution in [0.3, 0.4) is 0 Å². The normalized spacial score (nSPS) is 27.6. The van der Waals surface area contributed by atoms with Gasteiger partial charge in [0.25, 0.3) is 0 Å². The third kappa shape index (κ3) is 2.47. The largest absolute Gasteiger partial charge is 0.481 e. The predicted molar refractivity (Wildman–Crippen MR) is 60.2 cm³/mol. The van der Waals surface area contributed by atoms with Crippen molar-refractivity contribution in [3.8, 4) is 0 Å². The van der Waals surface area contributed by atoms with Gasteiger partial charge in [-0.2, -0.15) is 0 Å². The zero-order valence-electron chi connectivity index (χ0n) is 9.61. The lowest BCUT2D eigenvalue weighted by molar-refractivity contribution is -0.158. The molecule has 0 unspecified atom stereocenters. The lowest BCUT2D eigenvalue weighted by Crippen LogP contribution is -2.48. The summed E-state index contributed by atoms with van der Waals surface area (Å²) in [7, 11) is 0. The lowest BCUT2D eigenvalue weighted by Gasteiger charge is -2.41. The number of carboxylic acid groups (broad SMARTS) is 1. The number of hydrogen-bond acceptors (Lipinski definition) is 2. The van der Waals surface area contributed by atoms with Crippen molar-refractivity contribution in [1.29, 1.82) is 0 Å². The van der Waals surface area contributed by atoms with Gasteiger partial charge in [0.15, 0.2) is 0 Å². The summed E-state index contributed by atoms with van der Waals surface area (Å²) in [5.74, 6) is -1.66. The van der Waals surface area contributed by atoms with Crippen LogP contribution in [-0.4, -0.2) is 21.8 Å². The van der Waals surface area contributed by atoms with Gasteiger partial charge < -0.3 is 10.2 Å². The van der Waals surface area contributed by atoms with Crippen molar-refractivity contribution in [2.24, 2.45) is 5.92 Å². The molecular formula is C13H15FO3. The maximum Gasteiger partial charge on any atom is 0.306 e. The fourth-order valence-corrected chi connectivity index (χ4v) is 2.36. The molecule has 4 heteroatoms. The van der Waals surface area contributed by atoms with Crippen molar-refractivity contribution in [2.75, 3.05) is 0 Å². The summed E-state index contributed by atoms with van der Waals surface area (Å²) < 4.78 is 13.1. The Balaban J connectivity index is 2.07. The molecule has 3 nitrogen and oxygen atoms in total. The van der Waals surface area contributed by atoms with E-state index in [0.29, 0.717) is 6.42 Å². The third-order valence-electron chi connectivity index (χ3n) is 3.43. The number of hydrogen-bond donors (Lipinski definition) is 2. The van der Waals surface area contributed by atoms with Crippen LogP contribution in [0.5, 0.6) is 0 Å². The number of aliphatic carboxylic acids is 1. The molecule has 1 saturated carbocycles. The summed E-state index contributed by atoms with van der Waals surface area (Å²) in [6.45, 7) is 1.85. The molecule has 0 atom stereocenters. The van der Waals surface area contributed by atoms with E-state index in [4.69, 9.17) is 5.11 Å². The second kappa shape index (κ2) is 4.11. The monoisotopic (exact) mass is 238 g/mol. The number of rotatable bonds is 3. The standard InChI is InChI=1S/C13H15FO3/c1-8-2-3-11(14)4-9(8)5-13(17)6-10(7-13)12(15)16/h2-4,10,17H,5-7H2,1H3,(H,15,16). The van der Waals surface area contributed by atoms with Crippen molar-refractivity contribution >= 4 is 5.97 Å². The predicted octanol–water partition coefficient (Wildman–Crippen LogP) is 1.90. The molecule has 1 aromatic rings. The Morgan fingerprint density at radius 1 is 1.53 bits per heavy atom. The van der Waals surface area contributed by atoms with Gasteiger partial charge in [-0.25, -0.2) is 4.39 Å². The van der Waals surface area contributed by atoms with Gasteiger partial charge in [0.2, 0.25) is 0 Å². The highest BCUT2D eigenvalue weighted by Crippen LogP contribution is 2.40. The lowest BCUT2D eigenvalue weighted by atomic mass is 9.68. The summed E-state index contributed by atoms with van der Waals surface area (Å²) in [6.07, 6.45) is 0.816. The van der Waals surface area contributed by atoms with E-state index >= 15 is 0 Å². The minimum atomic E-state index is -0.985. The number of carbonyl (C=O) groups is 1. The van der Waals surface area contributed by atoms with Crippen molar-refractivity contribution in [1.82, 2.24) is 0 Å². The maximum absolute atomic E-state index is 13.1. The molecule has 2 N–H and O–H groups in total. The molecule has 0 bridgehead atoms. The highest BCUT2D eigenvalue weighted by molar-refractivity contribution is 5.71. The molecule has 0 spiro atoms. The van der Waals surface area contributed by atoms with Gasteiger partial charge in [0.05, 0.1) is 11.5 Å². The first kappa shape index (κ1) is 12.0. The molecule has 1 aliphatic carbocycles. The van der Waals surface area contributed by atoms with Crippen molar-refractivity contribution in [3.05, 3.63) is 35.1 Å². The zero-order chi connectivity index (χ0) is 12.6. The summed E-state index contributed by atoms with van der Waals surface area (Å²) in [4.78, 5) is 10.7. The first-order valence-corrected chi connectivity index (χ1v) is 5.60. The average Bonchev–Trinajstić information content (AvgIpc) is 2.19. The number of aryl methyl sites for hydroxylation is 1. The van der Waals surface area contributed by atoms with E-state index in [9.17, 15) is 14.3 Å². The Hall–Kier alpha value is -1.42. The van der Waals surface area contributed by atoms with Gasteiger partial charge in [-0.1, -0.05) is 6.07 Å². The van der Waals surface area contributed by atoms with Gasteiger partial charge in [-0.05, 0) is 43.0 Å². The third-order valence-corrected chi connectivity index (χ3v) is 3.43. The quantitative estimate of drug-likeness (QED) is 0.845. The average molecular weight is 238 g/mol. The van der Waals surface area contributed by atoms with Gasteiger partial charge >= 0.3 is 5.97 Å². The molecule has 1 aliphatic rings. The van der Waals surface area contributed by atoms with Crippen molar-refractivity contribution in [2.45, 2.75) is 31.8 Å². The molecule has 0 amide bonds. The van der Waals surface area contributed by atoms with Crippen LogP contribution in [0.1, 0.15) is 24.0 Å². The molecule has 0 aliphatic heterocycles. The minimum absolute atomic E-state index is 0.248. The van der Waals surface area contributed by atoms with Crippen LogP contribution < -0.4 is 0 Å². The molecule has 17 heavy (non-hydrogen) atoms. The van der Waals surface area contributed by atoms with E-state index in [1.54, 1.807) is 6.07 Å². The Morgan fingerprint density at radius 2 is 2.18 bits per heavy atom. The fourth-order valence-electron chi connectivity index (χ4n) is 2.36. The molecule has 0 aromatic heterocycles. The summed E-state index contributed by atoms with van der Waals surface area (Å²) in [5.41, 5.74) is 0.677. The molecule has 0 heterocycles. The van der Waals surface area contributed by atoms with Gasteiger partial charge in [-0.3, -0.25) is 4.79 Å². The van der Waals surface area contributed by atoms with Crippen LogP contribution in [0, 0.1) is 18.7 Å². The van der Waals surface area contributed by atoms with E-state index in [-0.39, 0.29) is 18.7 Å². The topological polar surface area (TPSA) is 57.5 Å². The zero-order valence-corrected chi connectivity index (χ0v) is 9.61. The molecule has 1 fully saturated rings. The van der Waals surface area contributed by atoms with Crippen LogP contribution in [0.25, 0.3) is 0 Å². The first-order chi connectivity index (χ1) is 7.89. The molecule has 0 saturated heterocycles. The Bertz CT molecular complexity index is 450. The Labute approximate surface area is 98.9 Å². The number of carboxylic acids is 1. The van der Waals surface area contributed by atoms with E-state index in [1.807, 2.05) is 6.92 Å². The van der Waals surface area contributed by atoms with E-state index < -0.39 is 17.5 Å². The van der Waals surface area contributed by atoms with Gasteiger partial charge in [0.1, 0.15) is 5.82 Å². The molecule has 1 aromatic carbocycles. The molecule has 92 valence electrons. The van der Waals surface area contributed by atoms with Gasteiger partial charge in [0, 0.05) is 6.42 Å². The second-order valence-corrected chi connectivity index (χ2v) is 4.92. The van der Waals surface area contributed by atoms with E-state index in [2.05, 4.69) is 0 Å². The van der Waals surface area contributed by atoms with E-state index in [0.717, 1.165) is 11.1 Å². The summed E-state index contributed by atoms with van der Waals surface area (Å²) in [6, 6.07) is 4.45. The highest BCUT2D eigenvalue weighted by Gasteiger charge is 2.46. The fraction of sp³-hybridized carbons (Fsp3) is 0.462. The molecular weight excluding hydrogens is 223 g/mol. The van der Waals surface area contributed by atoms with Crippen molar-refractivity contribution < 1.29 is 19.4 Å². The van der Waals surface area contributed by atoms with Crippen LogP contribution in [0.2, 0.25) is 0 Å². The Morgan fingerprint density at radius 3 is 2.76 bits per heavy atom. The van der Waals surface area contributed by atoms with Crippen LogP contribution >= 0.6 is 0 Å². The molecule has 0 radical (unpaired) electrons. The minimum Gasteiger partial charge on any atom is -0.481 e. The van der Waals surface area contributed by atoms with Crippen LogP contribution in [0.15, 0.2) is 18.2 Å². The van der Waals surface area contributed by atoms with E-state index in [1.165, 1.54) is 12.1 Å². The highest BCUT2D eigenvalue weighted by atomic mass is 19.1. The maximum atomic E-state index is 13.1. The van der Waals surface area contributed by atoms with Crippen molar-refractivity contribution in [3.63, 3.8) is 0 Å². The molecule has 2 rings (SSSR count). The summed E-state index contributed by atoms with van der Waals surface area (Å²) >= 11 is 0. The first-order valence-electron chi connectivity index (χ1n) is 5.60. The smallest absolute Gasteiger partial charge is 0.306 e. The number of halogens is 1. The van der Waals surface area contributed by atoms with Crippen LogP contribution in [0.4, 0.5) is 4.39 Å². The SMILES string of the molecule is Cc1ccc(F)cc1CC1(O)CC(C(=O)O)C1.